The fourth-order valence-corrected chi connectivity index (χ4v) is 8.66. The van der Waals surface area contributed by atoms with Crippen molar-refractivity contribution in [2.75, 3.05) is 0 Å². The molecule has 0 spiro atoms. The second kappa shape index (κ2) is 20.0. The number of rotatable bonds is 18. The quantitative estimate of drug-likeness (QED) is 0.0630. The summed E-state index contributed by atoms with van der Waals surface area (Å²) in [5, 5.41) is 0. The second-order valence-electron chi connectivity index (χ2n) is 16.0. The zero-order valence-corrected chi connectivity index (χ0v) is 35.6. The van der Waals surface area contributed by atoms with Gasteiger partial charge in [0, 0.05) is 33.4 Å². The number of benzene rings is 7. The molecule has 0 saturated carbocycles. The molecular formula is C57H48O6. The molecule has 0 aliphatic heterocycles. The SMILES string of the molecule is Cc1c(CC(C(=O)c2ccccc2)C(=O)c2ccccc2)c(C)c(CC(C(=O)c2ccccc2)C(=O)c2ccccc2)c(C)c1CC(C(=O)c1ccccc1)C(=O)c1ccccc1. The summed E-state index contributed by atoms with van der Waals surface area (Å²) in [5.41, 5.74) is 6.56. The summed E-state index contributed by atoms with van der Waals surface area (Å²) in [6.45, 7) is 5.72. The highest BCUT2D eigenvalue weighted by Gasteiger charge is 2.36. The molecule has 63 heavy (non-hydrogen) atoms. The lowest BCUT2D eigenvalue weighted by atomic mass is 9.75. The van der Waals surface area contributed by atoms with Crippen LogP contribution in [0.2, 0.25) is 0 Å². The van der Waals surface area contributed by atoms with Crippen LogP contribution in [-0.2, 0) is 19.3 Å². The predicted octanol–water partition coefficient (Wildman–Crippen LogP) is 11.4. The number of Topliss-reactive ketones (excluding diaryl/α,β-unsaturated/α-hetero) is 6. The van der Waals surface area contributed by atoms with Gasteiger partial charge in [-0.1, -0.05) is 182 Å². The standard InChI is InChI=1S/C57H48O6/c1-37-46(34-49(52(58)40-22-10-4-11-23-40)53(59)41-24-12-5-13-25-41)38(2)48(36-51(56(62)44-30-18-8-19-31-44)57(63)45-32-20-9-21-33-45)39(3)47(37)35-50(54(60)42-26-14-6-15-27-42)55(61)43-28-16-7-17-29-43/h4-33,49-51H,34-36H2,1-3H3. The molecule has 7 aromatic rings. The first-order valence-corrected chi connectivity index (χ1v) is 21.2. The molecule has 0 aliphatic carbocycles. The van der Waals surface area contributed by atoms with Crippen molar-refractivity contribution in [2.24, 2.45) is 17.8 Å². The van der Waals surface area contributed by atoms with E-state index < -0.39 is 17.8 Å². The van der Waals surface area contributed by atoms with Crippen LogP contribution < -0.4 is 0 Å². The van der Waals surface area contributed by atoms with Crippen molar-refractivity contribution < 1.29 is 28.8 Å². The Morgan fingerprint density at radius 2 is 0.413 bits per heavy atom. The molecule has 0 radical (unpaired) electrons. The van der Waals surface area contributed by atoms with E-state index in [4.69, 9.17) is 0 Å². The molecule has 0 amide bonds. The Balaban J connectivity index is 1.44. The van der Waals surface area contributed by atoms with E-state index in [-0.39, 0.29) is 54.0 Å². The fraction of sp³-hybridized carbons (Fsp3) is 0.158. The average Bonchev–Trinajstić information content (AvgIpc) is 3.34. The molecule has 0 N–H and O–H groups in total. The van der Waals surface area contributed by atoms with Gasteiger partial charge in [0.2, 0.25) is 0 Å². The minimum absolute atomic E-state index is 0.00668. The topological polar surface area (TPSA) is 102 Å². The first kappa shape index (κ1) is 43.6. The Hall–Kier alpha value is -7.44. The van der Waals surface area contributed by atoms with E-state index in [2.05, 4.69) is 0 Å². The number of carbonyl (C=O) groups is 6. The molecule has 7 rings (SSSR count). The smallest absolute Gasteiger partial charge is 0.174 e. The Labute approximate surface area is 368 Å². The van der Waals surface area contributed by atoms with Crippen molar-refractivity contribution in [2.45, 2.75) is 40.0 Å². The van der Waals surface area contributed by atoms with Crippen molar-refractivity contribution in [3.63, 3.8) is 0 Å². The van der Waals surface area contributed by atoms with Gasteiger partial charge in [-0.2, -0.15) is 0 Å². The first-order valence-electron chi connectivity index (χ1n) is 21.2. The predicted molar refractivity (Wildman–Crippen MR) is 247 cm³/mol. The molecular weight excluding hydrogens is 781 g/mol. The highest BCUT2D eigenvalue weighted by Crippen LogP contribution is 2.36. The Kier molecular flexibility index (Phi) is 13.8. The third-order valence-corrected chi connectivity index (χ3v) is 12.2. The van der Waals surface area contributed by atoms with Crippen LogP contribution in [0.5, 0.6) is 0 Å². The van der Waals surface area contributed by atoms with Gasteiger partial charge in [-0.25, -0.2) is 0 Å². The van der Waals surface area contributed by atoms with Gasteiger partial charge < -0.3 is 0 Å². The van der Waals surface area contributed by atoms with Crippen LogP contribution in [0.25, 0.3) is 0 Å². The number of hydrogen-bond acceptors (Lipinski definition) is 6. The van der Waals surface area contributed by atoms with Gasteiger partial charge in [-0.15, -0.1) is 0 Å². The van der Waals surface area contributed by atoms with E-state index in [9.17, 15) is 28.8 Å². The Morgan fingerprint density at radius 1 is 0.270 bits per heavy atom. The van der Waals surface area contributed by atoms with E-state index in [1.165, 1.54) is 0 Å². The molecule has 0 aromatic heterocycles. The summed E-state index contributed by atoms with van der Waals surface area (Å²) in [6, 6.07) is 52.4. The van der Waals surface area contributed by atoms with Crippen LogP contribution in [0.15, 0.2) is 182 Å². The number of carbonyl (C=O) groups excluding carboxylic acids is 6. The maximum Gasteiger partial charge on any atom is 0.174 e. The minimum atomic E-state index is -1.14. The minimum Gasteiger partial charge on any atom is -0.293 e. The molecule has 7 aromatic carbocycles. The van der Waals surface area contributed by atoms with Crippen LogP contribution in [0.1, 0.15) is 95.5 Å². The summed E-state index contributed by atoms with van der Waals surface area (Å²) < 4.78 is 0. The van der Waals surface area contributed by atoms with Gasteiger partial charge in [0.1, 0.15) is 0 Å². The van der Waals surface area contributed by atoms with Crippen molar-refractivity contribution >= 4 is 34.7 Å². The van der Waals surface area contributed by atoms with E-state index in [0.29, 0.717) is 50.1 Å². The fourth-order valence-electron chi connectivity index (χ4n) is 8.66. The molecule has 0 saturated heterocycles. The molecule has 6 nitrogen and oxygen atoms in total. The lowest BCUT2D eigenvalue weighted by Gasteiger charge is -2.28. The van der Waals surface area contributed by atoms with Crippen molar-refractivity contribution in [3.05, 3.63) is 249 Å². The lowest BCUT2D eigenvalue weighted by molar-refractivity contribution is 0.0792. The number of ketones is 6. The van der Waals surface area contributed by atoms with Gasteiger partial charge in [0.25, 0.3) is 0 Å². The van der Waals surface area contributed by atoms with Crippen molar-refractivity contribution in [1.29, 1.82) is 0 Å². The molecule has 0 fully saturated rings. The molecule has 0 heterocycles. The summed E-state index contributed by atoms with van der Waals surface area (Å²) >= 11 is 0. The third kappa shape index (κ3) is 9.71. The summed E-state index contributed by atoms with van der Waals surface area (Å²) in [6.07, 6.45) is -0.0201. The van der Waals surface area contributed by atoms with Gasteiger partial charge in [0.05, 0.1) is 17.8 Å². The lowest BCUT2D eigenvalue weighted by Crippen LogP contribution is -2.31. The molecule has 312 valence electrons. The molecule has 0 aliphatic rings. The van der Waals surface area contributed by atoms with Crippen LogP contribution in [0, 0.1) is 38.5 Å². The third-order valence-electron chi connectivity index (χ3n) is 12.2. The Bertz CT molecular complexity index is 2280. The maximum absolute atomic E-state index is 14.6. The largest absolute Gasteiger partial charge is 0.293 e. The zero-order valence-electron chi connectivity index (χ0n) is 35.6. The summed E-state index contributed by atoms with van der Waals surface area (Å²) in [4.78, 5) is 87.4. The second-order valence-corrected chi connectivity index (χ2v) is 16.0. The summed E-state index contributed by atoms with van der Waals surface area (Å²) in [7, 11) is 0. The molecule has 6 heteroatoms. The highest BCUT2D eigenvalue weighted by molar-refractivity contribution is 6.18. The molecule has 0 atom stereocenters. The molecule has 0 unspecified atom stereocenters. The summed E-state index contributed by atoms with van der Waals surface area (Å²) in [5.74, 6) is -5.51. The van der Waals surface area contributed by atoms with E-state index in [0.717, 1.165) is 16.7 Å². The van der Waals surface area contributed by atoms with Crippen molar-refractivity contribution in [3.8, 4) is 0 Å². The van der Waals surface area contributed by atoms with E-state index >= 15 is 0 Å². The van der Waals surface area contributed by atoms with Crippen LogP contribution >= 0.6 is 0 Å². The Morgan fingerprint density at radius 3 is 0.556 bits per heavy atom. The molecule has 0 bridgehead atoms. The highest BCUT2D eigenvalue weighted by atomic mass is 16.2. The first-order chi connectivity index (χ1) is 30.5. The van der Waals surface area contributed by atoms with Gasteiger partial charge in [0.15, 0.2) is 34.7 Å². The van der Waals surface area contributed by atoms with Crippen LogP contribution in [0.3, 0.4) is 0 Å². The zero-order chi connectivity index (χ0) is 44.5. The van der Waals surface area contributed by atoms with Gasteiger partial charge in [-0.05, 0) is 73.4 Å². The normalized spacial score (nSPS) is 11.1. The number of hydrogen-bond donors (Lipinski definition) is 0. The van der Waals surface area contributed by atoms with Gasteiger partial charge in [-0.3, -0.25) is 28.8 Å². The monoisotopic (exact) mass is 828 g/mol. The van der Waals surface area contributed by atoms with Gasteiger partial charge >= 0.3 is 0 Å². The van der Waals surface area contributed by atoms with E-state index in [1.807, 2.05) is 57.2 Å². The average molecular weight is 829 g/mol. The van der Waals surface area contributed by atoms with Crippen LogP contribution in [-0.4, -0.2) is 34.7 Å². The van der Waals surface area contributed by atoms with Crippen LogP contribution in [0.4, 0.5) is 0 Å². The maximum atomic E-state index is 14.6. The van der Waals surface area contributed by atoms with E-state index in [1.54, 1.807) is 146 Å². The van der Waals surface area contributed by atoms with Crippen molar-refractivity contribution in [1.82, 2.24) is 0 Å².